The minimum absolute atomic E-state index is 0.0341. The molecular formula is C8H10N2O2S. The standard InChI is InChI=1S/C8H10N2O2S/c11-8(12)3-7-5-4-13-2-1-6(5)9-10-7/h1-4H2,(H,9,10)(H,11,12). The molecule has 0 aromatic carbocycles. The van der Waals surface area contributed by atoms with E-state index in [1.54, 1.807) is 0 Å². The van der Waals surface area contributed by atoms with E-state index in [2.05, 4.69) is 10.2 Å². The second kappa shape index (κ2) is 3.41. The van der Waals surface area contributed by atoms with Crippen LogP contribution in [0.4, 0.5) is 0 Å². The van der Waals surface area contributed by atoms with Gasteiger partial charge in [0.1, 0.15) is 0 Å². The minimum atomic E-state index is -0.815. The molecule has 2 heterocycles. The van der Waals surface area contributed by atoms with Crippen molar-refractivity contribution >= 4 is 17.7 Å². The van der Waals surface area contributed by atoms with Gasteiger partial charge in [-0.15, -0.1) is 0 Å². The van der Waals surface area contributed by atoms with E-state index in [1.807, 2.05) is 11.8 Å². The van der Waals surface area contributed by atoms with E-state index in [-0.39, 0.29) is 6.42 Å². The van der Waals surface area contributed by atoms with Crippen LogP contribution in [0.15, 0.2) is 0 Å². The van der Waals surface area contributed by atoms with Crippen molar-refractivity contribution in [1.29, 1.82) is 0 Å². The van der Waals surface area contributed by atoms with Gasteiger partial charge in [0, 0.05) is 17.0 Å². The first-order chi connectivity index (χ1) is 6.27. The first-order valence-electron chi connectivity index (χ1n) is 4.12. The molecule has 5 heteroatoms. The molecule has 1 aromatic rings. The van der Waals surface area contributed by atoms with Crippen molar-refractivity contribution in [2.24, 2.45) is 0 Å². The van der Waals surface area contributed by atoms with Gasteiger partial charge < -0.3 is 5.11 Å². The summed E-state index contributed by atoms with van der Waals surface area (Å²) in [5, 5.41) is 15.5. The highest BCUT2D eigenvalue weighted by atomic mass is 32.2. The highest BCUT2D eigenvalue weighted by molar-refractivity contribution is 7.98. The average molecular weight is 198 g/mol. The summed E-state index contributed by atoms with van der Waals surface area (Å²) in [5.41, 5.74) is 2.93. The molecule has 0 amide bonds. The maximum absolute atomic E-state index is 10.5. The number of nitrogens with zero attached hydrogens (tertiary/aromatic N) is 1. The van der Waals surface area contributed by atoms with E-state index in [1.165, 1.54) is 0 Å². The van der Waals surface area contributed by atoms with Crippen molar-refractivity contribution in [2.75, 3.05) is 5.75 Å². The Balaban J connectivity index is 2.26. The van der Waals surface area contributed by atoms with Crippen LogP contribution in [0.25, 0.3) is 0 Å². The van der Waals surface area contributed by atoms with Crippen molar-refractivity contribution in [2.45, 2.75) is 18.6 Å². The molecule has 1 aliphatic heterocycles. The summed E-state index contributed by atoms with van der Waals surface area (Å²) < 4.78 is 0. The number of carboxylic acid groups (broad SMARTS) is 1. The number of aromatic nitrogens is 2. The molecule has 70 valence electrons. The molecule has 0 unspecified atom stereocenters. The van der Waals surface area contributed by atoms with E-state index in [9.17, 15) is 4.79 Å². The number of fused-ring (bicyclic) bond motifs is 1. The Kier molecular flexibility index (Phi) is 2.26. The highest BCUT2D eigenvalue weighted by Gasteiger charge is 2.18. The Labute approximate surface area is 79.7 Å². The SMILES string of the molecule is O=C(O)Cc1n[nH]c2c1CSCC2. The van der Waals surface area contributed by atoms with Crippen molar-refractivity contribution < 1.29 is 9.90 Å². The molecule has 0 atom stereocenters. The Morgan fingerprint density at radius 2 is 2.54 bits per heavy atom. The monoisotopic (exact) mass is 198 g/mol. The fraction of sp³-hybridized carbons (Fsp3) is 0.500. The number of thioether (sulfide) groups is 1. The first-order valence-corrected chi connectivity index (χ1v) is 5.27. The van der Waals surface area contributed by atoms with Crippen LogP contribution in [0.5, 0.6) is 0 Å². The lowest BCUT2D eigenvalue weighted by molar-refractivity contribution is -0.136. The normalized spacial score (nSPS) is 15.4. The molecule has 2 rings (SSSR count). The zero-order valence-electron chi connectivity index (χ0n) is 7.04. The summed E-state index contributed by atoms with van der Waals surface area (Å²) >= 11 is 1.83. The Morgan fingerprint density at radius 1 is 1.69 bits per heavy atom. The van der Waals surface area contributed by atoms with Crippen LogP contribution in [-0.4, -0.2) is 27.0 Å². The van der Waals surface area contributed by atoms with Crippen LogP contribution in [0.1, 0.15) is 17.0 Å². The molecule has 1 aliphatic rings. The van der Waals surface area contributed by atoms with Gasteiger partial charge in [0.25, 0.3) is 0 Å². The molecule has 1 aromatic heterocycles. The number of rotatable bonds is 2. The molecule has 0 saturated carbocycles. The molecule has 0 fully saturated rings. The van der Waals surface area contributed by atoms with Crippen LogP contribution in [0.3, 0.4) is 0 Å². The van der Waals surface area contributed by atoms with Gasteiger partial charge in [-0.05, 0) is 12.2 Å². The number of hydrogen-bond acceptors (Lipinski definition) is 3. The van der Waals surface area contributed by atoms with E-state index in [0.29, 0.717) is 5.69 Å². The minimum Gasteiger partial charge on any atom is -0.481 e. The summed E-state index contributed by atoms with van der Waals surface area (Å²) in [7, 11) is 0. The third-order valence-electron chi connectivity index (χ3n) is 2.10. The number of hydrogen-bond donors (Lipinski definition) is 2. The fourth-order valence-electron chi connectivity index (χ4n) is 1.46. The third-order valence-corrected chi connectivity index (χ3v) is 3.09. The number of aryl methyl sites for hydroxylation is 1. The predicted octanol–water partition coefficient (Wildman–Crippen LogP) is 0.826. The lowest BCUT2D eigenvalue weighted by Crippen LogP contribution is -2.06. The maximum Gasteiger partial charge on any atom is 0.309 e. The molecule has 0 spiro atoms. The number of nitrogens with one attached hydrogen (secondary N) is 1. The second-order valence-corrected chi connectivity index (χ2v) is 4.11. The van der Waals surface area contributed by atoms with Gasteiger partial charge in [-0.25, -0.2) is 0 Å². The van der Waals surface area contributed by atoms with Crippen molar-refractivity contribution in [3.05, 3.63) is 17.0 Å². The zero-order chi connectivity index (χ0) is 9.26. The van der Waals surface area contributed by atoms with Gasteiger partial charge in [0.2, 0.25) is 0 Å². The van der Waals surface area contributed by atoms with Crippen LogP contribution >= 0.6 is 11.8 Å². The molecule has 0 aliphatic carbocycles. The first kappa shape index (κ1) is 8.62. The molecule has 2 N–H and O–H groups in total. The third kappa shape index (κ3) is 1.70. The van der Waals surface area contributed by atoms with E-state index in [4.69, 9.17) is 5.11 Å². The van der Waals surface area contributed by atoms with Crippen LogP contribution < -0.4 is 0 Å². The molecular weight excluding hydrogens is 188 g/mol. The van der Waals surface area contributed by atoms with Gasteiger partial charge in [-0.1, -0.05) is 0 Å². The molecule has 4 nitrogen and oxygen atoms in total. The fourth-order valence-corrected chi connectivity index (χ4v) is 2.50. The smallest absolute Gasteiger partial charge is 0.309 e. The average Bonchev–Trinajstić information content (AvgIpc) is 2.48. The number of aromatic amines is 1. The van der Waals surface area contributed by atoms with E-state index < -0.39 is 5.97 Å². The number of carboxylic acids is 1. The Hall–Kier alpha value is -0.970. The summed E-state index contributed by atoms with van der Waals surface area (Å²) in [6, 6.07) is 0. The van der Waals surface area contributed by atoms with Crippen LogP contribution in [0, 0.1) is 0 Å². The lowest BCUT2D eigenvalue weighted by Gasteiger charge is -2.09. The second-order valence-electron chi connectivity index (χ2n) is 3.00. The quantitative estimate of drug-likeness (QED) is 0.738. The van der Waals surface area contributed by atoms with Crippen LogP contribution in [0.2, 0.25) is 0 Å². The number of carbonyl (C=O) groups is 1. The number of aliphatic carboxylic acids is 1. The summed E-state index contributed by atoms with van der Waals surface area (Å²) in [4.78, 5) is 10.5. The van der Waals surface area contributed by atoms with Gasteiger partial charge >= 0.3 is 5.97 Å². The molecule has 13 heavy (non-hydrogen) atoms. The van der Waals surface area contributed by atoms with E-state index in [0.717, 1.165) is 29.2 Å². The van der Waals surface area contributed by atoms with Gasteiger partial charge in [-0.2, -0.15) is 16.9 Å². The van der Waals surface area contributed by atoms with Crippen molar-refractivity contribution in [3.63, 3.8) is 0 Å². The number of H-pyrrole nitrogens is 1. The molecule has 0 saturated heterocycles. The van der Waals surface area contributed by atoms with E-state index >= 15 is 0 Å². The predicted molar refractivity (Wildman–Crippen MR) is 49.8 cm³/mol. The summed E-state index contributed by atoms with van der Waals surface area (Å²) in [6.45, 7) is 0. The summed E-state index contributed by atoms with van der Waals surface area (Å²) in [5.74, 6) is 1.18. The van der Waals surface area contributed by atoms with Gasteiger partial charge in [-0.3, -0.25) is 9.89 Å². The Bertz CT molecular complexity index is 335. The molecule has 0 bridgehead atoms. The van der Waals surface area contributed by atoms with Crippen molar-refractivity contribution in [3.8, 4) is 0 Å². The Morgan fingerprint density at radius 3 is 3.31 bits per heavy atom. The van der Waals surface area contributed by atoms with Crippen LogP contribution in [-0.2, 0) is 23.4 Å². The largest absolute Gasteiger partial charge is 0.481 e. The highest BCUT2D eigenvalue weighted by Crippen LogP contribution is 2.25. The van der Waals surface area contributed by atoms with Gasteiger partial charge in [0.05, 0.1) is 12.1 Å². The van der Waals surface area contributed by atoms with Gasteiger partial charge in [0.15, 0.2) is 0 Å². The summed E-state index contributed by atoms with van der Waals surface area (Å²) in [6.07, 6.45) is 1.01. The zero-order valence-corrected chi connectivity index (χ0v) is 7.86. The van der Waals surface area contributed by atoms with Crippen molar-refractivity contribution in [1.82, 2.24) is 10.2 Å². The lowest BCUT2D eigenvalue weighted by atomic mass is 10.1. The topological polar surface area (TPSA) is 66.0 Å². The maximum atomic E-state index is 10.5. The molecule has 0 radical (unpaired) electrons.